The van der Waals surface area contributed by atoms with Gasteiger partial charge in [-0.25, -0.2) is 9.97 Å². The van der Waals surface area contributed by atoms with E-state index in [1.165, 1.54) is 0 Å². The lowest BCUT2D eigenvalue weighted by Crippen LogP contribution is -2.59. The molecule has 3 aromatic heterocycles. The normalized spacial score (nSPS) is 20.8. The highest BCUT2D eigenvalue weighted by atomic mass is 15.3. The number of H-pyrrole nitrogens is 1. The predicted octanol–water partition coefficient (Wildman–Crippen LogP) is 3.23. The molecule has 0 amide bonds. The highest BCUT2D eigenvalue weighted by Gasteiger charge is 2.31. The third-order valence-corrected chi connectivity index (χ3v) is 4.98. The van der Waals surface area contributed by atoms with Gasteiger partial charge in [0, 0.05) is 36.8 Å². The van der Waals surface area contributed by atoms with E-state index in [2.05, 4.69) is 58.3 Å². The predicted molar refractivity (Wildman–Crippen MR) is 105 cm³/mol. The zero-order valence-corrected chi connectivity index (χ0v) is 15.7. The summed E-state index contributed by atoms with van der Waals surface area (Å²) in [6, 6.07) is 10.2. The maximum Gasteiger partial charge on any atom is 0.181 e. The summed E-state index contributed by atoms with van der Waals surface area (Å²) in [5.41, 5.74) is 2.67. The first kappa shape index (κ1) is 17.0. The Morgan fingerprint density at radius 3 is 2.96 bits per heavy atom. The Kier molecular flexibility index (Phi) is 4.36. The summed E-state index contributed by atoms with van der Waals surface area (Å²) in [5, 5.41) is 12.1. The third kappa shape index (κ3) is 3.29. The highest BCUT2D eigenvalue weighted by molar-refractivity contribution is 5.89. The molecule has 136 valence electrons. The van der Waals surface area contributed by atoms with Gasteiger partial charge >= 0.3 is 0 Å². The number of piperazine rings is 1. The van der Waals surface area contributed by atoms with Crippen LogP contribution in [-0.2, 0) is 0 Å². The number of hydrogen-bond donors (Lipinski definition) is 2. The molecule has 6 heteroatoms. The number of pyridine rings is 2. The van der Waals surface area contributed by atoms with E-state index in [0.29, 0.717) is 5.92 Å². The van der Waals surface area contributed by atoms with E-state index in [-0.39, 0.29) is 5.54 Å². The molecule has 1 unspecified atom stereocenters. The molecule has 3 aromatic rings. The van der Waals surface area contributed by atoms with Gasteiger partial charge in [0.1, 0.15) is 5.82 Å². The van der Waals surface area contributed by atoms with E-state index in [1.54, 1.807) is 6.20 Å². The molecule has 6 nitrogen and oxygen atoms in total. The van der Waals surface area contributed by atoms with Crippen molar-refractivity contribution in [3.8, 4) is 11.4 Å². The maximum atomic E-state index is 4.93. The lowest BCUT2D eigenvalue weighted by Gasteiger charge is -2.43. The molecular formula is C20H26N6. The first-order valence-electron chi connectivity index (χ1n) is 9.31. The Morgan fingerprint density at radius 2 is 2.12 bits per heavy atom. The molecule has 1 aliphatic rings. The van der Waals surface area contributed by atoms with Crippen LogP contribution in [0.4, 0.5) is 5.82 Å². The number of hydrogen-bond acceptors (Lipinski definition) is 5. The van der Waals surface area contributed by atoms with Crippen LogP contribution in [0, 0.1) is 5.92 Å². The van der Waals surface area contributed by atoms with E-state index in [0.717, 1.165) is 54.3 Å². The van der Waals surface area contributed by atoms with E-state index in [9.17, 15) is 0 Å². The van der Waals surface area contributed by atoms with Crippen molar-refractivity contribution in [2.24, 2.45) is 5.92 Å². The van der Waals surface area contributed by atoms with Gasteiger partial charge in [0.05, 0.1) is 11.4 Å². The van der Waals surface area contributed by atoms with Gasteiger partial charge in [-0.2, -0.15) is 5.10 Å². The van der Waals surface area contributed by atoms with Crippen LogP contribution >= 0.6 is 0 Å². The fourth-order valence-electron chi connectivity index (χ4n) is 4.07. The summed E-state index contributed by atoms with van der Waals surface area (Å²) in [6.07, 6.45) is 2.91. The maximum absolute atomic E-state index is 4.93. The van der Waals surface area contributed by atoms with Crippen LogP contribution in [0.25, 0.3) is 22.4 Å². The fraction of sp³-hybridized carbons (Fsp3) is 0.450. The van der Waals surface area contributed by atoms with Crippen molar-refractivity contribution in [3.05, 3.63) is 36.5 Å². The minimum atomic E-state index is 0.120. The Bertz CT molecular complexity index is 902. The second kappa shape index (κ2) is 6.68. The number of rotatable bonds is 4. The van der Waals surface area contributed by atoms with Crippen LogP contribution in [0.2, 0.25) is 0 Å². The second-order valence-electron chi connectivity index (χ2n) is 7.86. The SMILES string of the molecule is CC(C)CC1(C)CN(c2cccc(-c3[nH]nc4ncccc34)n2)CCN1. The number of fused-ring (bicyclic) bond motifs is 1. The first-order chi connectivity index (χ1) is 12.5. The molecule has 0 radical (unpaired) electrons. The van der Waals surface area contributed by atoms with Gasteiger partial charge in [0.2, 0.25) is 0 Å². The van der Waals surface area contributed by atoms with E-state index >= 15 is 0 Å². The molecule has 26 heavy (non-hydrogen) atoms. The van der Waals surface area contributed by atoms with Crippen molar-refractivity contribution in [3.63, 3.8) is 0 Å². The second-order valence-corrected chi connectivity index (χ2v) is 7.86. The molecule has 2 N–H and O–H groups in total. The van der Waals surface area contributed by atoms with Crippen LogP contribution in [0.3, 0.4) is 0 Å². The Hall–Kier alpha value is -2.47. The highest BCUT2D eigenvalue weighted by Crippen LogP contribution is 2.27. The Morgan fingerprint density at radius 1 is 1.23 bits per heavy atom. The molecule has 0 aromatic carbocycles. The molecule has 4 rings (SSSR count). The number of anilines is 1. The molecule has 1 atom stereocenters. The molecule has 1 fully saturated rings. The summed E-state index contributed by atoms with van der Waals surface area (Å²) in [6.45, 7) is 9.79. The molecule has 1 aliphatic heterocycles. The van der Waals surface area contributed by atoms with Gasteiger partial charge in [-0.3, -0.25) is 5.10 Å². The van der Waals surface area contributed by atoms with Crippen molar-refractivity contribution in [1.82, 2.24) is 25.5 Å². The zero-order chi connectivity index (χ0) is 18.1. The van der Waals surface area contributed by atoms with Gasteiger partial charge < -0.3 is 10.2 Å². The summed E-state index contributed by atoms with van der Waals surface area (Å²) in [7, 11) is 0. The molecule has 0 spiro atoms. The van der Waals surface area contributed by atoms with Gasteiger partial charge in [0.15, 0.2) is 5.65 Å². The average molecular weight is 350 g/mol. The number of nitrogens with one attached hydrogen (secondary N) is 2. The lowest BCUT2D eigenvalue weighted by molar-refractivity contribution is 0.270. The summed E-state index contributed by atoms with van der Waals surface area (Å²) < 4.78 is 0. The summed E-state index contributed by atoms with van der Waals surface area (Å²) in [5.74, 6) is 1.68. The largest absolute Gasteiger partial charge is 0.353 e. The van der Waals surface area contributed by atoms with Crippen molar-refractivity contribution < 1.29 is 0 Å². The molecule has 1 saturated heterocycles. The number of aromatic amines is 1. The van der Waals surface area contributed by atoms with Crippen molar-refractivity contribution in [2.75, 3.05) is 24.5 Å². The van der Waals surface area contributed by atoms with Gasteiger partial charge in [-0.15, -0.1) is 0 Å². The summed E-state index contributed by atoms with van der Waals surface area (Å²) in [4.78, 5) is 11.6. The minimum Gasteiger partial charge on any atom is -0.353 e. The van der Waals surface area contributed by atoms with Crippen molar-refractivity contribution in [2.45, 2.75) is 32.7 Å². The standard InChI is InChI=1S/C20H26N6/c1-14(2)12-20(3)13-26(11-10-22-20)17-8-4-7-16(23-17)18-15-6-5-9-21-19(15)25-24-18/h4-9,14,22H,10-13H2,1-3H3,(H,21,24,25). The van der Waals surface area contributed by atoms with E-state index < -0.39 is 0 Å². The van der Waals surface area contributed by atoms with Gasteiger partial charge in [-0.1, -0.05) is 19.9 Å². The summed E-state index contributed by atoms with van der Waals surface area (Å²) >= 11 is 0. The van der Waals surface area contributed by atoms with Gasteiger partial charge in [0.25, 0.3) is 0 Å². The third-order valence-electron chi connectivity index (χ3n) is 4.98. The number of aromatic nitrogens is 4. The topological polar surface area (TPSA) is 69.7 Å². The van der Waals surface area contributed by atoms with Gasteiger partial charge in [-0.05, 0) is 43.5 Å². The first-order valence-corrected chi connectivity index (χ1v) is 9.31. The average Bonchev–Trinajstić information content (AvgIpc) is 3.05. The Balaban J connectivity index is 1.64. The van der Waals surface area contributed by atoms with Crippen molar-refractivity contribution in [1.29, 1.82) is 0 Å². The van der Waals surface area contributed by atoms with Crippen LogP contribution in [0.15, 0.2) is 36.5 Å². The van der Waals surface area contributed by atoms with Crippen LogP contribution < -0.4 is 10.2 Å². The van der Waals surface area contributed by atoms with Crippen LogP contribution in [0.5, 0.6) is 0 Å². The van der Waals surface area contributed by atoms with Crippen LogP contribution in [-0.4, -0.2) is 45.3 Å². The minimum absolute atomic E-state index is 0.120. The quantitative estimate of drug-likeness (QED) is 0.756. The van der Waals surface area contributed by atoms with Crippen LogP contribution in [0.1, 0.15) is 27.2 Å². The zero-order valence-electron chi connectivity index (χ0n) is 15.7. The monoisotopic (exact) mass is 350 g/mol. The molecule has 0 saturated carbocycles. The lowest BCUT2D eigenvalue weighted by atomic mass is 9.88. The molecule has 0 aliphatic carbocycles. The van der Waals surface area contributed by atoms with Crippen molar-refractivity contribution >= 4 is 16.9 Å². The number of nitrogens with zero attached hydrogens (tertiary/aromatic N) is 4. The van der Waals surface area contributed by atoms with E-state index in [4.69, 9.17) is 4.98 Å². The van der Waals surface area contributed by atoms with E-state index in [1.807, 2.05) is 18.2 Å². The molecule has 4 heterocycles. The smallest absolute Gasteiger partial charge is 0.181 e. The molecule has 0 bridgehead atoms. The fourth-order valence-corrected chi connectivity index (χ4v) is 4.07. The Labute approximate surface area is 154 Å². The molecular weight excluding hydrogens is 324 g/mol.